The van der Waals surface area contributed by atoms with Crippen LogP contribution in [0.4, 0.5) is 0 Å². The molecule has 1 aromatic heterocycles. The molecule has 0 fully saturated rings. The quantitative estimate of drug-likeness (QED) is 0.670. The van der Waals surface area contributed by atoms with Crippen LogP contribution >= 0.6 is 0 Å². The van der Waals surface area contributed by atoms with Crippen molar-refractivity contribution in [1.82, 2.24) is 0 Å². The minimum Gasteiger partial charge on any atom is -0.469 e. The SMILES string of the molecule is Cc1occc1C(=O)CCCC(C)C. The van der Waals surface area contributed by atoms with E-state index in [1.807, 2.05) is 6.92 Å². The number of ketones is 1. The van der Waals surface area contributed by atoms with Crippen LogP contribution in [-0.2, 0) is 0 Å². The highest BCUT2D eigenvalue weighted by Crippen LogP contribution is 2.14. The Morgan fingerprint density at radius 1 is 1.50 bits per heavy atom. The summed E-state index contributed by atoms with van der Waals surface area (Å²) in [5, 5.41) is 0. The second kappa shape index (κ2) is 4.99. The Morgan fingerprint density at radius 3 is 2.71 bits per heavy atom. The summed E-state index contributed by atoms with van der Waals surface area (Å²) in [7, 11) is 0. The zero-order valence-corrected chi connectivity index (χ0v) is 9.17. The first kappa shape index (κ1) is 11.0. The average Bonchev–Trinajstić information content (AvgIpc) is 2.50. The molecular weight excluding hydrogens is 176 g/mol. The van der Waals surface area contributed by atoms with Gasteiger partial charge in [-0.2, -0.15) is 0 Å². The maximum Gasteiger partial charge on any atom is 0.166 e. The lowest BCUT2D eigenvalue weighted by atomic mass is 10.0. The Bertz CT molecular complexity index is 297. The molecule has 0 saturated carbocycles. The lowest BCUT2D eigenvalue weighted by molar-refractivity contribution is 0.0977. The molecule has 0 aliphatic rings. The molecule has 0 radical (unpaired) electrons. The first-order chi connectivity index (χ1) is 6.61. The maximum atomic E-state index is 11.6. The molecule has 0 atom stereocenters. The van der Waals surface area contributed by atoms with Crippen LogP contribution in [0.3, 0.4) is 0 Å². The topological polar surface area (TPSA) is 30.2 Å². The van der Waals surface area contributed by atoms with E-state index in [1.54, 1.807) is 12.3 Å². The number of rotatable bonds is 5. The summed E-state index contributed by atoms with van der Waals surface area (Å²) in [4.78, 5) is 11.6. The van der Waals surface area contributed by atoms with Crippen molar-refractivity contribution in [2.45, 2.75) is 40.0 Å². The second-order valence-electron chi connectivity index (χ2n) is 4.10. The molecule has 0 bridgehead atoms. The molecule has 0 spiro atoms. The van der Waals surface area contributed by atoms with Gasteiger partial charge in [0.15, 0.2) is 5.78 Å². The van der Waals surface area contributed by atoms with Crippen molar-refractivity contribution in [3.05, 3.63) is 23.7 Å². The fourth-order valence-corrected chi connectivity index (χ4v) is 1.48. The molecule has 1 rings (SSSR count). The van der Waals surface area contributed by atoms with Gasteiger partial charge in [0.1, 0.15) is 5.76 Å². The van der Waals surface area contributed by atoms with Crippen LogP contribution in [0.2, 0.25) is 0 Å². The third-order valence-electron chi connectivity index (χ3n) is 2.34. The molecule has 2 heteroatoms. The predicted molar refractivity (Wildman–Crippen MR) is 56.5 cm³/mol. The van der Waals surface area contributed by atoms with Crippen molar-refractivity contribution in [2.75, 3.05) is 0 Å². The summed E-state index contributed by atoms with van der Waals surface area (Å²) in [5.74, 6) is 1.62. The lowest BCUT2D eigenvalue weighted by Crippen LogP contribution is -2.00. The van der Waals surface area contributed by atoms with Crippen molar-refractivity contribution in [3.63, 3.8) is 0 Å². The standard InChI is InChI=1S/C12H18O2/c1-9(2)5-4-6-12(13)11-7-8-14-10(11)3/h7-9H,4-6H2,1-3H3. The highest BCUT2D eigenvalue weighted by atomic mass is 16.3. The van der Waals surface area contributed by atoms with Crippen LogP contribution in [0.25, 0.3) is 0 Å². The lowest BCUT2D eigenvalue weighted by Gasteiger charge is -2.02. The van der Waals surface area contributed by atoms with E-state index in [9.17, 15) is 4.79 Å². The number of Topliss-reactive ketones (excluding diaryl/α,β-unsaturated/α-hetero) is 1. The number of furan rings is 1. The van der Waals surface area contributed by atoms with Gasteiger partial charge >= 0.3 is 0 Å². The molecule has 0 saturated heterocycles. The fraction of sp³-hybridized carbons (Fsp3) is 0.583. The van der Waals surface area contributed by atoms with E-state index in [-0.39, 0.29) is 5.78 Å². The van der Waals surface area contributed by atoms with Gasteiger partial charge in [-0.25, -0.2) is 0 Å². The van der Waals surface area contributed by atoms with E-state index < -0.39 is 0 Å². The van der Waals surface area contributed by atoms with Gasteiger partial charge in [0.2, 0.25) is 0 Å². The van der Waals surface area contributed by atoms with Crippen molar-refractivity contribution < 1.29 is 9.21 Å². The zero-order valence-electron chi connectivity index (χ0n) is 9.17. The molecule has 0 aliphatic carbocycles. The Labute approximate surface area is 85.3 Å². The molecule has 0 aromatic carbocycles. The summed E-state index contributed by atoms with van der Waals surface area (Å²) < 4.78 is 5.09. The Balaban J connectivity index is 2.40. The normalized spacial score (nSPS) is 10.9. The predicted octanol–water partition coefficient (Wildman–Crippen LogP) is 3.60. The van der Waals surface area contributed by atoms with E-state index in [4.69, 9.17) is 4.42 Å². The van der Waals surface area contributed by atoms with Crippen LogP contribution in [0.5, 0.6) is 0 Å². The Kier molecular flexibility index (Phi) is 3.93. The van der Waals surface area contributed by atoms with Crippen molar-refractivity contribution in [3.8, 4) is 0 Å². The number of carbonyl (C=O) groups is 1. The molecule has 2 nitrogen and oxygen atoms in total. The van der Waals surface area contributed by atoms with Gasteiger partial charge in [0.25, 0.3) is 0 Å². The molecule has 0 unspecified atom stereocenters. The van der Waals surface area contributed by atoms with Gasteiger partial charge in [-0.3, -0.25) is 4.79 Å². The Morgan fingerprint density at radius 2 is 2.21 bits per heavy atom. The van der Waals surface area contributed by atoms with E-state index in [2.05, 4.69) is 13.8 Å². The second-order valence-corrected chi connectivity index (χ2v) is 4.10. The summed E-state index contributed by atoms with van der Waals surface area (Å²) >= 11 is 0. The van der Waals surface area contributed by atoms with Gasteiger partial charge in [0, 0.05) is 6.42 Å². The first-order valence-corrected chi connectivity index (χ1v) is 5.18. The number of hydrogen-bond donors (Lipinski definition) is 0. The van der Waals surface area contributed by atoms with Crippen LogP contribution in [-0.4, -0.2) is 5.78 Å². The minimum atomic E-state index is 0.205. The molecule has 14 heavy (non-hydrogen) atoms. The van der Waals surface area contributed by atoms with Crippen LogP contribution in [0.1, 0.15) is 49.2 Å². The largest absolute Gasteiger partial charge is 0.469 e. The Hall–Kier alpha value is -1.05. The van der Waals surface area contributed by atoms with Crippen LogP contribution in [0.15, 0.2) is 16.7 Å². The monoisotopic (exact) mass is 194 g/mol. The molecule has 1 aromatic rings. The van der Waals surface area contributed by atoms with E-state index in [1.165, 1.54) is 0 Å². The highest BCUT2D eigenvalue weighted by Gasteiger charge is 2.10. The first-order valence-electron chi connectivity index (χ1n) is 5.18. The van der Waals surface area contributed by atoms with Crippen molar-refractivity contribution in [2.24, 2.45) is 5.92 Å². The third kappa shape index (κ3) is 3.02. The molecule has 1 heterocycles. The molecule has 78 valence electrons. The highest BCUT2D eigenvalue weighted by molar-refractivity contribution is 5.96. The summed E-state index contributed by atoms with van der Waals surface area (Å²) in [6.07, 6.45) is 4.30. The maximum absolute atomic E-state index is 11.6. The van der Waals surface area contributed by atoms with Crippen LogP contribution < -0.4 is 0 Å². The van der Waals surface area contributed by atoms with Gasteiger partial charge < -0.3 is 4.42 Å². The van der Waals surface area contributed by atoms with E-state index >= 15 is 0 Å². The summed E-state index contributed by atoms with van der Waals surface area (Å²) in [5.41, 5.74) is 0.744. The number of aryl methyl sites for hydroxylation is 1. The van der Waals surface area contributed by atoms with Gasteiger partial charge in [-0.15, -0.1) is 0 Å². The average molecular weight is 194 g/mol. The zero-order chi connectivity index (χ0) is 10.6. The molecule has 0 aliphatic heterocycles. The molecular formula is C12H18O2. The summed E-state index contributed by atoms with van der Waals surface area (Å²) in [6.45, 7) is 6.18. The minimum absolute atomic E-state index is 0.205. The number of hydrogen-bond acceptors (Lipinski definition) is 2. The van der Waals surface area contributed by atoms with E-state index in [0.717, 1.165) is 24.2 Å². The fourth-order valence-electron chi connectivity index (χ4n) is 1.48. The third-order valence-corrected chi connectivity index (χ3v) is 2.34. The van der Waals surface area contributed by atoms with Gasteiger partial charge in [-0.05, 0) is 25.3 Å². The van der Waals surface area contributed by atoms with E-state index in [0.29, 0.717) is 12.3 Å². The van der Waals surface area contributed by atoms with Gasteiger partial charge in [0.05, 0.1) is 11.8 Å². The summed E-state index contributed by atoms with van der Waals surface area (Å²) in [6, 6.07) is 1.76. The smallest absolute Gasteiger partial charge is 0.166 e. The molecule has 0 N–H and O–H groups in total. The van der Waals surface area contributed by atoms with Crippen molar-refractivity contribution >= 4 is 5.78 Å². The number of carbonyl (C=O) groups excluding carboxylic acids is 1. The van der Waals surface area contributed by atoms with Crippen molar-refractivity contribution in [1.29, 1.82) is 0 Å². The van der Waals surface area contributed by atoms with Gasteiger partial charge in [-0.1, -0.05) is 20.3 Å². The van der Waals surface area contributed by atoms with Crippen LogP contribution in [0, 0.1) is 12.8 Å². The molecule has 0 amide bonds.